The molecule has 0 bridgehead atoms. The Labute approximate surface area is 358 Å². The Morgan fingerprint density at radius 2 is 1.32 bits per heavy atom. The second-order valence-corrected chi connectivity index (χ2v) is 15.1. The van der Waals surface area contributed by atoms with E-state index in [4.69, 9.17) is 29.4 Å². The minimum atomic E-state index is -2.03. The van der Waals surface area contributed by atoms with Gasteiger partial charge in [0, 0.05) is 27.2 Å². The maximum atomic E-state index is 13.5. The summed E-state index contributed by atoms with van der Waals surface area (Å²) in [5, 5.41) is 97.5. The first kappa shape index (κ1) is 52.6. The quantitative estimate of drug-likeness (QED) is 0.0539. The lowest BCUT2D eigenvalue weighted by atomic mass is 9.93. The van der Waals surface area contributed by atoms with Gasteiger partial charge in [0.05, 0.1) is 32.3 Å². The summed E-state index contributed by atoms with van der Waals surface area (Å²) < 4.78 is 28.9. The molecule has 28 heteroatoms. The van der Waals surface area contributed by atoms with Crippen molar-refractivity contribution in [1.82, 2.24) is 31.9 Å². The van der Waals surface area contributed by atoms with E-state index in [2.05, 4.69) is 31.9 Å². The molecule has 17 atom stereocenters. The zero-order valence-corrected chi connectivity index (χ0v) is 34.5. The number of hydrogen-bond donors (Lipinski definition) is 15. The zero-order chi connectivity index (χ0) is 47.5. The summed E-state index contributed by atoms with van der Waals surface area (Å²) in [6.07, 6.45) is -24.0. The van der Waals surface area contributed by atoms with Gasteiger partial charge in [0.25, 0.3) is 0 Å². The first-order chi connectivity index (χ1) is 29.4. The van der Waals surface area contributed by atoms with Gasteiger partial charge in [-0.15, -0.1) is 0 Å². The van der Waals surface area contributed by atoms with Gasteiger partial charge in [-0.1, -0.05) is 0 Å². The summed E-state index contributed by atoms with van der Waals surface area (Å²) in [4.78, 5) is 98.6. The van der Waals surface area contributed by atoms with Crippen LogP contribution >= 0.6 is 0 Å². The van der Waals surface area contributed by atoms with Crippen molar-refractivity contribution in [2.45, 2.75) is 151 Å². The van der Waals surface area contributed by atoms with E-state index in [1.165, 1.54) is 6.92 Å². The Morgan fingerprint density at radius 1 is 0.683 bits per heavy atom. The third-order valence-electron chi connectivity index (χ3n) is 10.0. The molecular formula is C35H57N7O21. The minimum absolute atomic E-state index is 0.413. The number of aliphatic hydroxyl groups excluding tert-OH is 7. The first-order valence-corrected chi connectivity index (χ1v) is 19.6. The molecule has 3 aliphatic rings. The van der Waals surface area contributed by atoms with Crippen LogP contribution in [-0.4, -0.2) is 212 Å². The third kappa shape index (κ3) is 14.9. The van der Waals surface area contributed by atoms with Gasteiger partial charge in [-0.25, -0.2) is 4.79 Å². The van der Waals surface area contributed by atoms with E-state index in [1.807, 2.05) is 0 Å². The highest BCUT2D eigenvalue weighted by atomic mass is 16.7. The Hall–Kier alpha value is -4.72. The number of primary amides is 1. The van der Waals surface area contributed by atoms with E-state index < -0.39 is 190 Å². The summed E-state index contributed by atoms with van der Waals surface area (Å²) in [7, 11) is 0. The fourth-order valence-electron chi connectivity index (χ4n) is 6.74. The minimum Gasteiger partial charge on any atom is -0.480 e. The average Bonchev–Trinajstić information content (AvgIpc) is 3.20. The monoisotopic (exact) mass is 911 g/mol. The number of amides is 7. The molecule has 0 aromatic heterocycles. The van der Waals surface area contributed by atoms with Crippen molar-refractivity contribution >= 4 is 47.3 Å². The van der Waals surface area contributed by atoms with Crippen molar-refractivity contribution in [3.05, 3.63) is 0 Å². The lowest BCUT2D eigenvalue weighted by Gasteiger charge is -2.49. The number of carbonyl (C=O) groups excluding carboxylic acids is 7. The fraction of sp³-hybridized carbons (Fsp3) is 0.771. The van der Waals surface area contributed by atoms with Gasteiger partial charge >= 0.3 is 5.97 Å². The summed E-state index contributed by atoms with van der Waals surface area (Å²) in [5.41, 5.74) is 5.17. The SMILES string of the molecule is CC(=O)NCC(=O)N[C@@H](CCC(N)=O)C(=O)N[C@@H](CC(=O)N[C@@H]1O[C@H](CO[C@@H]2O[C@@H](C)[C@@H](O)[C@@H](O)[C@@H]2O)[C@@H](O[C@@H]2O[C@H](CO)[C@@H](O)[C@H](O)[C@H]2NC(C)=O)[C@H](O)[C@H]1NC(C)=O)C(=O)O. The number of carboxylic acids is 1. The Balaban J connectivity index is 1.93. The normalized spacial score (nSPS) is 34.0. The van der Waals surface area contributed by atoms with Gasteiger partial charge in [-0.2, -0.15) is 0 Å². The van der Waals surface area contributed by atoms with Gasteiger partial charge in [-0.05, 0) is 13.3 Å². The van der Waals surface area contributed by atoms with Crippen molar-refractivity contribution in [2.75, 3.05) is 19.8 Å². The zero-order valence-electron chi connectivity index (χ0n) is 34.5. The highest BCUT2D eigenvalue weighted by molar-refractivity contribution is 5.93. The molecule has 16 N–H and O–H groups in total. The molecule has 3 saturated heterocycles. The molecule has 0 saturated carbocycles. The van der Waals surface area contributed by atoms with Crippen LogP contribution < -0.4 is 37.6 Å². The van der Waals surface area contributed by atoms with Crippen molar-refractivity contribution in [2.24, 2.45) is 5.73 Å². The second kappa shape index (κ2) is 23.8. The highest BCUT2D eigenvalue weighted by Crippen LogP contribution is 2.30. The number of nitrogens with two attached hydrogens (primary N) is 1. The van der Waals surface area contributed by atoms with E-state index in [0.29, 0.717) is 0 Å². The molecule has 3 rings (SSSR count). The number of aliphatic hydroxyl groups is 7. The predicted octanol–water partition coefficient (Wildman–Crippen LogP) is -9.29. The van der Waals surface area contributed by atoms with Crippen LogP contribution in [0.2, 0.25) is 0 Å². The van der Waals surface area contributed by atoms with Gasteiger partial charge in [-0.3, -0.25) is 33.6 Å². The van der Waals surface area contributed by atoms with Crippen LogP contribution in [0.4, 0.5) is 0 Å². The van der Waals surface area contributed by atoms with Gasteiger partial charge in [0.1, 0.15) is 79.1 Å². The predicted molar refractivity (Wildman–Crippen MR) is 202 cm³/mol. The van der Waals surface area contributed by atoms with Crippen molar-refractivity contribution in [1.29, 1.82) is 0 Å². The van der Waals surface area contributed by atoms with E-state index in [9.17, 15) is 79.2 Å². The summed E-state index contributed by atoms with van der Waals surface area (Å²) >= 11 is 0. The van der Waals surface area contributed by atoms with Gasteiger partial charge in [0.2, 0.25) is 41.4 Å². The van der Waals surface area contributed by atoms with Crippen LogP contribution in [0.3, 0.4) is 0 Å². The number of aliphatic carboxylic acids is 1. The van der Waals surface area contributed by atoms with Crippen LogP contribution in [0, 0.1) is 0 Å². The van der Waals surface area contributed by atoms with Crippen LogP contribution in [0.15, 0.2) is 0 Å². The highest BCUT2D eigenvalue weighted by Gasteiger charge is 2.53. The number of rotatable bonds is 20. The topological polar surface area (TPSA) is 443 Å². The maximum Gasteiger partial charge on any atom is 0.326 e. The van der Waals surface area contributed by atoms with E-state index in [1.54, 1.807) is 0 Å². The number of carboxylic acid groups (broad SMARTS) is 1. The molecule has 358 valence electrons. The fourth-order valence-corrected chi connectivity index (χ4v) is 6.74. The Bertz CT molecular complexity index is 1640. The molecule has 3 aliphatic heterocycles. The number of hydrogen-bond acceptors (Lipinski definition) is 20. The molecule has 0 radical (unpaired) electrons. The van der Waals surface area contributed by atoms with Crippen LogP contribution in [0.1, 0.15) is 47.0 Å². The number of carbonyl (C=O) groups is 8. The summed E-state index contributed by atoms with van der Waals surface area (Å²) in [5.74, 6) is -8.06. The standard InChI is InChI=1S/C35H57N7O21/c1-11-24(50)28(54)29(55)35(60-11)59-10-18-30(63-34-23(39-14(4)46)26(52)25(51)17(9-43)62-34)27(53)22(38-13(3)45)32(61-18)42-20(48)7-16(33(57)58)41-31(56)15(5-6-19(36)47)40-21(49)8-37-12(2)44/h11,15-18,22-30,32,34-35,43,50-55H,5-10H2,1-4H3,(H2,36,47)(H,37,44)(H,38,45)(H,39,46)(H,40,49)(H,41,56)(H,42,48)(H,57,58)/t11-,15-,16-,17+,18+,22+,23+,24+,25+,26+,27+,28+,29-,30+,32+,34-,35+/m0/s1. The smallest absolute Gasteiger partial charge is 0.326 e. The molecule has 0 aliphatic carbocycles. The molecule has 0 spiro atoms. The van der Waals surface area contributed by atoms with Gasteiger partial charge in [0.15, 0.2) is 18.8 Å². The van der Waals surface area contributed by atoms with E-state index in [0.717, 1.165) is 20.8 Å². The van der Waals surface area contributed by atoms with E-state index in [-0.39, 0.29) is 0 Å². The largest absolute Gasteiger partial charge is 0.480 e. The van der Waals surface area contributed by atoms with Crippen molar-refractivity contribution < 1.29 is 103 Å². The molecule has 63 heavy (non-hydrogen) atoms. The first-order valence-electron chi connectivity index (χ1n) is 19.6. The summed E-state index contributed by atoms with van der Waals surface area (Å²) in [6.45, 7) is 2.31. The van der Waals surface area contributed by atoms with Crippen molar-refractivity contribution in [3.8, 4) is 0 Å². The lowest BCUT2D eigenvalue weighted by molar-refractivity contribution is -0.329. The van der Waals surface area contributed by atoms with Gasteiger partial charge < -0.3 is 102 Å². The molecular weight excluding hydrogens is 854 g/mol. The molecule has 0 aromatic rings. The van der Waals surface area contributed by atoms with E-state index >= 15 is 0 Å². The lowest BCUT2D eigenvalue weighted by Crippen LogP contribution is -2.71. The summed E-state index contributed by atoms with van der Waals surface area (Å²) in [6, 6.07) is -6.87. The third-order valence-corrected chi connectivity index (χ3v) is 10.0. The van der Waals surface area contributed by atoms with Crippen LogP contribution in [-0.2, 0) is 62.0 Å². The number of nitrogens with one attached hydrogen (secondary N) is 6. The molecule has 0 unspecified atom stereocenters. The molecule has 28 nitrogen and oxygen atoms in total. The van der Waals surface area contributed by atoms with Crippen molar-refractivity contribution in [3.63, 3.8) is 0 Å². The van der Waals surface area contributed by atoms with Crippen LogP contribution in [0.5, 0.6) is 0 Å². The Kier molecular flexibility index (Phi) is 19.9. The molecule has 7 amide bonds. The molecule has 0 aromatic carbocycles. The Morgan fingerprint density at radius 3 is 1.89 bits per heavy atom. The molecule has 3 heterocycles. The molecule has 3 fully saturated rings. The average molecular weight is 912 g/mol. The maximum absolute atomic E-state index is 13.5. The second-order valence-electron chi connectivity index (χ2n) is 15.1. The van der Waals surface area contributed by atoms with Crippen LogP contribution in [0.25, 0.3) is 0 Å². The number of ether oxygens (including phenoxy) is 5.